The van der Waals surface area contributed by atoms with E-state index in [4.69, 9.17) is 4.52 Å². The number of carbonyl (C=O) groups is 1. The minimum atomic E-state index is -0.362. The summed E-state index contributed by atoms with van der Waals surface area (Å²) in [5, 5.41) is 6.98. The first-order chi connectivity index (χ1) is 11.7. The predicted octanol–water partition coefficient (Wildman–Crippen LogP) is 2.94. The molecule has 2 aliphatic rings. The largest absolute Gasteiger partial charge is 0.341 e. The molecule has 6 heteroatoms. The first-order valence-corrected chi connectivity index (χ1v) is 8.60. The van der Waals surface area contributed by atoms with Gasteiger partial charge in [0.25, 0.3) is 11.8 Å². The minimum absolute atomic E-state index is 0.108. The molecule has 1 aromatic carbocycles. The van der Waals surface area contributed by atoms with Crippen LogP contribution in [0.3, 0.4) is 0 Å². The van der Waals surface area contributed by atoms with Crippen molar-refractivity contribution in [3.8, 4) is 11.5 Å². The number of nitrogens with one attached hydrogen (secondary N) is 1. The number of benzene rings is 1. The Morgan fingerprint density at radius 2 is 1.92 bits per heavy atom. The van der Waals surface area contributed by atoms with Gasteiger partial charge in [0.2, 0.25) is 5.91 Å². The van der Waals surface area contributed by atoms with Crippen LogP contribution >= 0.6 is 0 Å². The molecule has 126 valence electrons. The van der Waals surface area contributed by atoms with Gasteiger partial charge >= 0.3 is 0 Å². The maximum absolute atomic E-state index is 12.6. The van der Waals surface area contributed by atoms with Crippen LogP contribution in [0.25, 0.3) is 11.5 Å². The SMILES string of the molecule is CC(Nc1noc(-c2ccccc2)n1)C(=O)N1CCC2(CC1)CC2. The van der Waals surface area contributed by atoms with Crippen molar-refractivity contribution in [1.82, 2.24) is 15.0 Å². The smallest absolute Gasteiger partial charge is 0.264 e. The number of piperidine rings is 1. The second-order valence-corrected chi connectivity index (χ2v) is 6.98. The Morgan fingerprint density at radius 1 is 1.21 bits per heavy atom. The summed E-state index contributed by atoms with van der Waals surface area (Å²) in [7, 11) is 0. The molecule has 24 heavy (non-hydrogen) atoms. The maximum Gasteiger partial charge on any atom is 0.264 e. The van der Waals surface area contributed by atoms with Crippen molar-refractivity contribution in [3.05, 3.63) is 30.3 Å². The van der Waals surface area contributed by atoms with Crippen LogP contribution in [0.4, 0.5) is 5.95 Å². The molecular formula is C18H22N4O2. The third kappa shape index (κ3) is 3.00. The van der Waals surface area contributed by atoms with Crippen LogP contribution in [-0.4, -0.2) is 40.1 Å². The average Bonchev–Trinajstić information content (AvgIpc) is 3.20. The van der Waals surface area contributed by atoms with Crippen LogP contribution in [0.15, 0.2) is 34.9 Å². The molecule has 1 spiro atoms. The Kier molecular flexibility index (Phi) is 3.75. The molecule has 1 aromatic heterocycles. The lowest BCUT2D eigenvalue weighted by atomic mass is 9.93. The fourth-order valence-corrected chi connectivity index (χ4v) is 3.39. The number of hydrogen-bond acceptors (Lipinski definition) is 5. The van der Waals surface area contributed by atoms with E-state index in [1.807, 2.05) is 42.2 Å². The lowest BCUT2D eigenvalue weighted by Crippen LogP contribution is -2.45. The van der Waals surface area contributed by atoms with Crippen molar-refractivity contribution < 1.29 is 9.32 Å². The summed E-state index contributed by atoms with van der Waals surface area (Å²) in [4.78, 5) is 18.9. The number of carbonyl (C=O) groups excluding carboxylic acids is 1. The Hall–Kier alpha value is -2.37. The molecule has 0 radical (unpaired) electrons. The van der Waals surface area contributed by atoms with Crippen molar-refractivity contribution in [3.63, 3.8) is 0 Å². The number of nitrogens with zero attached hydrogens (tertiary/aromatic N) is 3. The van der Waals surface area contributed by atoms with Crippen LogP contribution < -0.4 is 5.32 Å². The van der Waals surface area contributed by atoms with E-state index in [9.17, 15) is 4.79 Å². The van der Waals surface area contributed by atoms with Gasteiger partial charge in [0.1, 0.15) is 6.04 Å². The summed E-state index contributed by atoms with van der Waals surface area (Å²) in [5.74, 6) is 0.910. The number of aromatic nitrogens is 2. The number of hydrogen-bond donors (Lipinski definition) is 1. The number of likely N-dealkylation sites (tertiary alicyclic amines) is 1. The van der Waals surface area contributed by atoms with Gasteiger partial charge in [0.15, 0.2) is 0 Å². The Balaban J connectivity index is 1.36. The van der Waals surface area contributed by atoms with E-state index in [1.165, 1.54) is 12.8 Å². The predicted molar refractivity (Wildman–Crippen MR) is 90.3 cm³/mol. The number of amides is 1. The molecule has 1 aliphatic carbocycles. The van der Waals surface area contributed by atoms with Gasteiger partial charge in [0, 0.05) is 18.7 Å². The van der Waals surface area contributed by atoms with E-state index in [1.54, 1.807) is 0 Å². The first-order valence-electron chi connectivity index (χ1n) is 8.60. The van der Waals surface area contributed by atoms with Gasteiger partial charge in [-0.1, -0.05) is 18.2 Å². The zero-order valence-electron chi connectivity index (χ0n) is 13.9. The summed E-state index contributed by atoms with van der Waals surface area (Å²) in [6.07, 6.45) is 4.97. The third-order valence-corrected chi connectivity index (χ3v) is 5.26. The first kappa shape index (κ1) is 15.2. The average molecular weight is 326 g/mol. The maximum atomic E-state index is 12.6. The molecule has 1 N–H and O–H groups in total. The molecule has 6 nitrogen and oxygen atoms in total. The summed E-state index contributed by atoms with van der Waals surface area (Å²) in [6.45, 7) is 3.58. The van der Waals surface area contributed by atoms with Crippen molar-refractivity contribution in [2.75, 3.05) is 18.4 Å². The second-order valence-electron chi connectivity index (χ2n) is 6.98. The number of rotatable bonds is 4. The quantitative estimate of drug-likeness (QED) is 0.935. The zero-order valence-corrected chi connectivity index (χ0v) is 13.9. The molecule has 0 bridgehead atoms. The highest BCUT2D eigenvalue weighted by molar-refractivity contribution is 5.84. The molecule has 1 saturated carbocycles. The van der Waals surface area contributed by atoms with Gasteiger partial charge in [-0.3, -0.25) is 4.79 Å². The van der Waals surface area contributed by atoms with Gasteiger partial charge < -0.3 is 14.7 Å². The summed E-state index contributed by atoms with van der Waals surface area (Å²) < 4.78 is 5.26. The molecule has 2 fully saturated rings. The fourth-order valence-electron chi connectivity index (χ4n) is 3.39. The molecule has 1 atom stereocenters. The summed E-state index contributed by atoms with van der Waals surface area (Å²) in [6, 6.07) is 9.23. The second kappa shape index (κ2) is 5.92. The van der Waals surface area contributed by atoms with Crippen LogP contribution in [0.5, 0.6) is 0 Å². The van der Waals surface area contributed by atoms with Crippen molar-refractivity contribution >= 4 is 11.9 Å². The van der Waals surface area contributed by atoms with Gasteiger partial charge in [0.05, 0.1) is 0 Å². The highest BCUT2D eigenvalue weighted by Crippen LogP contribution is 2.53. The van der Waals surface area contributed by atoms with Crippen LogP contribution in [0.2, 0.25) is 0 Å². The van der Waals surface area contributed by atoms with Gasteiger partial charge in [-0.05, 0) is 55.3 Å². The van der Waals surface area contributed by atoms with E-state index in [-0.39, 0.29) is 11.9 Å². The lowest BCUT2D eigenvalue weighted by molar-refractivity contribution is -0.133. The highest BCUT2D eigenvalue weighted by Gasteiger charge is 2.45. The van der Waals surface area contributed by atoms with Gasteiger partial charge in [-0.25, -0.2) is 0 Å². The van der Waals surface area contributed by atoms with E-state index in [0.29, 0.717) is 17.3 Å². The third-order valence-electron chi connectivity index (χ3n) is 5.26. The normalized spacial score (nSPS) is 20.0. The monoisotopic (exact) mass is 326 g/mol. The molecular weight excluding hydrogens is 304 g/mol. The van der Waals surface area contributed by atoms with E-state index in [2.05, 4.69) is 15.5 Å². The van der Waals surface area contributed by atoms with Crippen LogP contribution in [-0.2, 0) is 4.79 Å². The van der Waals surface area contributed by atoms with Crippen molar-refractivity contribution in [2.45, 2.75) is 38.6 Å². The van der Waals surface area contributed by atoms with E-state index in [0.717, 1.165) is 31.5 Å². The number of anilines is 1. The Bertz CT molecular complexity index is 714. The zero-order chi connectivity index (χ0) is 16.6. The summed E-state index contributed by atoms with van der Waals surface area (Å²) in [5.41, 5.74) is 1.44. The Labute approximate surface area is 141 Å². The van der Waals surface area contributed by atoms with E-state index >= 15 is 0 Å². The van der Waals surface area contributed by atoms with E-state index < -0.39 is 0 Å². The van der Waals surface area contributed by atoms with Crippen molar-refractivity contribution in [2.24, 2.45) is 5.41 Å². The minimum Gasteiger partial charge on any atom is -0.341 e. The molecule has 1 saturated heterocycles. The molecule has 2 aromatic rings. The molecule has 1 unspecified atom stereocenters. The van der Waals surface area contributed by atoms with Crippen LogP contribution in [0, 0.1) is 5.41 Å². The fraction of sp³-hybridized carbons (Fsp3) is 0.500. The van der Waals surface area contributed by atoms with Gasteiger partial charge in [-0.15, -0.1) is 0 Å². The Morgan fingerprint density at radius 3 is 2.58 bits per heavy atom. The molecule has 1 aliphatic heterocycles. The van der Waals surface area contributed by atoms with Crippen LogP contribution in [0.1, 0.15) is 32.6 Å². The highest BCUT2D eigenvalue weighted by atomic mass is 16.5. The van der Waals surface area contributed by atoms with Gasteiger partial charge in [-0.2, -0.15) is 4.98 Å². The lowest BCUT2D eigenvalue weighted by Gasteiger charge is -2.33. The van der Waals surface area contributed by atoms with Crippen molar-refractivity contribution in [1.29, 1.82) is 0 Å². The molecule has 1 amide bonds. The standard InChI is InChI=1S/C18H22N4O2/c1-13(16(23)22-11-9-18(7-8-18)10-12-22)19-17-20-15(24-21-17)14-5-3-2-4-6-14/h2-6,13H,7-12H2,1H3,(H,19,21). The summed E-state index contributed by atoms with van der Waals surface area (Å²) >= 11 is 0. The molecule has 4 rings (SSSR count). The molecule has 2 heterocycles. The topological polar surface area (TPSA) is 71.3 Å².